The quantitative estimate of drug-likeness (QED) is 0.932. The summed E-state index contributed by atoms with van der Waals surface area (Å²) in [5.74, 6) is -0.196. The van der Waals surface area contributed by atoms with Crippen LogP contribution in [0.4, 0.5) is 5.69 Å². The first-order valence-corrected chi connectivity index (χ1v) is 8.55. The van der Waals surface area contributed by atoms with Crippen molar-refractivity contribution in [2.75, 3.05) is 31.6 Å². The largest absolute Gasteiger partial charge is 0.378 e. The molecule has 0 radical (unpaired) electrons. The van der Waals surface area contributed by atoms with Gasteiger partial charge in [-0.1, -0.05) is 25.1 Å². The summed E-state index contributed by atoms with van der Waals surface area (Å²) >= 11 is 0. The molecule has 5 nitrogen and oxygen atoms in total. The number of anilines is 1. The van der Waals surface area contributed by atoms with E-state index < -0.39 is 0 Å². The van der Waals surface area contributed by atoms with Crippen LogP contribution in [0.25, 0.3) is 0 Å². The van der Waals surface area contributed by atoms with Crippen molar-refractivity contribution < 1.29 is 14.3 Å². The van der Waals surface area contributed by atoms with Gasteiger partial charge in [-0.25, -0.2) is 0 Å². The maximum Gasteiger partial charge on any atom is 0.255 e. The summed E-state index contributed by atoms with van der Waals surface area (Å²) in [7, 11) is 0. The molecule has 25 heavy (non-hydrogen) atoms. The predicted molar refractivity (Wildman–Crippen MR) is 96.9 cm³/mol. The van der Waals surface area contributed by atoms with Gasteiger partial charge in [0.2, 0.25) is 0 Å². The van der Waals surface area contributed by atoms with Crippen molar-refractivity contribution in [1.82, 2.24) is 4.90 Å². The van der Waals surface area contributed by atoms with Gasteiger partial charge in [-0.05, 0) is 42.3 Å². The van der Waals surface area contributed by atoms with Gasteiger partial charge in [-0.3, -0.25) is 9.59 Å². The molecular weight excluding hydrogens is 316 g/mol. The molecule has 1 heterocycles. The summed E-state index contributed by atoms with van der Waals surface area (Å²) in [5.41, 5.74) is 3.04. The standard InChI is InChI=1S/C20H22N2O3/c1-2-15-5-3-4-6-18(15)21-19(23)16-7-9-17(10-8-16)20(24)22-11-13-25-14-12-22/h3-10H,2,11-14H2,1H3,(H,21,23). The zero-order valence-corrected chi connectivity index (χ0v) is 14.3. The Morgan fingerprint density at radius 1 is 1.00 bits per heavy atom. The van der Waals surface area contributed by atoms with E-state index in [2.05, 4.69) is 12.2 Å². The Bertz CT molecular complexity index is 750. The molecule has 1 saturated heterocycles. The van der Waals surface area contributed by atoms with E-state index in [4.69, 9.17) is 4.74 Å². The van der Waals surface area contributed by atoms with Crippen LogP contribution in [0.2, 0.25) is 0 Å². The zero-order chi connectivity index (χ0) is 17.6. The van der Waals surface area contributed by atoms with Crippen LogP contribution < -0.4 is 5.32 Å². The summed E-state index contributed by atoms with van der Waals surface area (Å²) in [6.07, 6.45) is 0.851. The van der Waals surface area contributed by atoms with E-state index in [-0.39, 0.29) is 11.8 Å². The summed E-state index contributed by atoms with van der Waals surface area (Å²) in [6, 6.07) is 14.6. The molecule has 2 aromatic rings. The fraction of sp³-hybridized carbons (Fsp3) is 0.300. The zero-order valence-electron chi connectivity index (χ0n) is 14.3. The lowest BCUT2D eigenvalue weighted by Crippen LogP contribution is -2.40. The molecule has 1 fully saturated rings. The molecule has 0 unspecified atom stereocenters. The minimum absolute atomic E-state index is 0.0217. The van der Waals surface area contributed by atoms with Gasteiger partial charge in [0.15, 0.2) is 0 Å². The van der Waals surface area contributed by atoms with Crippen molar-refractivity contribution in [1.29, 1.82) is 0 Å². The number of hydrogen-bond donors (Lipinski definition) is 1. The fourth-order valence-electron chi connectivity index (χ4n) is 2.86. The van der Waals surface area contributed by atoms with E-state index in [1.54, 1.807) is 29.2 Å². The Morgan fingerprint density at radius 3 is 2.32 bits per heavy atom. The molecule has 1 aliphatic rings. The number of nitrogens with zero attached hydrogens (tertiary/aromatic N) is 1. The van der Waals surface area contributed by atoms with Crippen LogP contribution in [0.5, 0.6) is 0 Å². The van der Waals surface area contributed by atoms with Crippen molar-refractivity contribution in [3.63, 3.8) is 0 Å². The normalized spacial score (nSPS) is 14.2. The number of hydrogen-bond acceptors (Lipinski definition) is 3. The van der Waals surface area contributed by atoms with E-state index in [0.717, 1.165) is 17.7 Å². The number of morpholine rings is 1. The molecule has 2 amide bonds. The highest BCUT2D eigenvalue weighted by Crippen LogP contribution is 2.17. The number of nitrogens with one attached hydrogen (secondary N) is 1. The number of benzene rings is 2. The number of ether oxygens (including phenoxy) is 1. The number of rotatable bonds is 4. The van der Waals surface area contributed by atoms with Crippen molar-refractivity contribution in [3.8, 4) is 0 Å². The highest BCUT2D eigenvalue weighted by molar-refractivity contribution is 6.05. The third-order valence-electron chi connectivity index (χ3n) is 4.34. The topological polar surface area (TPSA) is 58.6 Å². The van der Waals surface area contributed by atoms with E-state index in [0.29, 0.717) is 37.4 Å². The van der Waals surface area contributed by atoms with Crippen molar-refractivity contribution in [2.24, 2.45) is 0 Å². The van der Waals surface area contributed by atoms with Gasteiger partial charge < -0.3 is 15.0 Å². The van der Waals surface area contributed by atoms with Crippen molar-refractivity contribution in [2.45, 2.75) is 13.3 Å². The minimum Gasteiger partial charge on any atom is -0.378 e. The van der Waals surface area contributed by atoms with Gasteiger partial charge in [0.25, 0.3) is 11.8 Å². The fourth-order valence-corrected chi connectivity index (χ4v) is 2.86. The van der Waals surface area contributed by atoms with Crippen LogP contribution in [-0.4, -0.2) is 43.0 Å². The Labute approximate surface area is 147 Å². The third-order valence-corrected chi connectivity index (χ3v) is 4.34. The van der Waals surface area contributed by atoms with E-state index >= 15 is 0 Å². The Morgan fingerprint density at radius 2 is 1.64 bits per heavy atom. The molecule has 1 aliphatic heterocycles. The number of carbonyl (C=O) groups is 2. The molecule has 2 aromatic carbocycles. The van der Waals surface area contributed by atoms with Gasteiger partial charge in [-0.15, -0.1) is 0 Å². The van der Waals surface area contributed by atoms with Gasteiger partial charge in [0, 0.05) is 29.9 Å². The van der Waals surface area contributed by atoms with Crippen LogP contribution >= 0.6 is 0 Å². The first-order chi connectivity index (χ1) is 12.2. The lowest BCUT2D eigenvalue weighted by molar-refractivity contribution is 0.0303. The van der Waals surface area contributed by atoms with Gasteiger partial charge in [0.05, 0.1) is 13.2 Å². The first kappa shape index (κ1) is 17.2. The maximum absolute atomic E-state index is 12.4. The maximum atomic E-state index is 12.4. The summed E-state index contributed by atoms with van der Waals surface area (Å²) in [5, 5.41) is 2.94. The third kappa shape index (κ3) is 4.06. The molecule has 0 atom stereocenters. The number of para-hydroxylation sites is 1. The van der Waals surface area contributed by atoms with Crippen LogP contribution in [-0.2, 0) is 11.2 Å². The van der Waals surface area contributed by atoms with Gasteiger partial charge >= 0.3 is 0 Å². The predicted octanol–water partition coefficient (Wildman–Crippen LogP) is 2.97. The monoisotopic (exact) mass is 338 g/mol. The molecule has 0 bridgehead atoms. The Kier molecular flexibility index (Phi) is 5.46. The number of amides is 2. The van der Waals surface area contributed by atoms with Crippen LogP contribution in [0.15, 0.2) is 48.5 Å². The number of aryl methyl sites for hydroxylation is 1. The van der Waals surface area contributed by atoms with E-state index in [9.17, 15) is 9.59 Å². The average Bonchev–Trinajstić information content (AvgIpc) is 2.68. The molecule has 0 aromatic heterocycles. The smallest absolute Gasteiger partial charge is 0.255 e. The molecule has 130 valence electrons. The van der Waals surface area contributed by atoms with Crippen molar-refractivity contribution in [3.05, 3.63) is 65.2 Å². The summed E-state index contributed by atoms with van der Waals surface area (Å²) < 4.78 is 5.26. The number of carbonyl (C=O) groups excluding carboxylic acids is 2. The second-order valence-electron chi connectivity index (χ2n) is 5.95. The second-order valence-corrected chi connectivity index (χ2v) is 5.95. The lowest BCUT2D eigenvalue weighted by atomic mass is 10.1. The molecule has 0 aliphatic carbocycles. The van der Waals surface area contributed by atoms with Crippen LogP contribution in [0.1, 0.15) is 33.2 Å². The minimum atomic E-state index is -0.175. The summed E-state index contributed by atoms with van der Waals surface area (Å²) in [4.78, 5) is 26.6. The molecule has 0 spiro atoms. The highest BCUT2D eigenvalue weighted by Gasteiger charge is 2.18. The van der Waals surface area contributed by atoms with E-state index in [1.807, 2.05) is 24.3 Å². The Hall–Kier alpha value is -2.66. The SMILES string of the molecule is CCc1ccccc1NC(=O)c1ccc(C(=O)N2CCOCC2)cc1. The highest BCUT2D eigenvalue weighted by atomic mass is 16.5. The van der Waals surface area contributed by atoms with Crippen molar-refractivity contribution >= 4 is 17.5 Å². The van der Waals surface area contributed by atoms with Crippen LogP contribution in [0, 0.1) is 0 Å². The summed E-state index contributed by atoms with van der Waals surface area (Å²) in [6.45, 7) is 4.41. The van der Waals surface area contributed by atoms with Gasteiger partial charge in [-0.2, -0.15) is 0 Å². The average molecular weight is 338 g/mol. The van der Waals surface area contributed by atoms with Crippen LogP contribution in [0.3, 0.4) is 0 Å². The van der Waals surface area contributed by atoms with Gasteiger partial charge in [0.1, 0.15) is 0 Å². The lowest BCUT2D eigenvalue weighted by Gasteiger charge is -2.26. The second kappa shape index (κ2) is 7.94. The molecule has 3 rings (SSSR count). The Balaban J connectivity index is 1.69. The molecular formula is C20H22N2O3. The van der Waals surface area contributed by atoms with E-state index in [1.165, 1.54) is 0 Å². The first-order valence-electron chi connectivity index (χ1n) is 8.55. The molecule has 0 saturated carbocycles. The molecule has 5 heteroatoms. The molecule has 1 N–H and O–H groups in total.